The van der Waals surface area contributed by atoms with Crippen LogP contribution in [0.3, 0.4) is 0 Å². The third-order valence-electron chi connectivity index (χ3n) is 9.35. The fraction of sp³-hybridized carbons (Fsp3) is 0.289. The van der Waals surface area contributed by atoms with Gasteiger partial charge in [-0.25, -0.2) is 0 Å². The molecule has 47 heavy (non-hydrogen) atoms. The van der Waals surface area contributed by atoms with E-state index in [2.05, 4.69) is 0 Å². The van der Waals surface area contributed by atoms with Gasteiger partial charge in [-0.15, -0.1) is 0 Å². The Hall–Kier alpha value is -4.92. The normalized spacial score (nSPS) is 19.5. The smallest absolute Gasteiger partial charge is 0.416 e. The maximum atomic E-state index is 14.1. The Labute approximate surface area is 271 Å². The van der Waals surface area contributed by atoms with Crippen molar-refractivity contribution in [3.05, 3.63) is 131 Å². The second-order valence-corrected chi connectivity index (χ2v) is 11.9. The highest BCUT2D eigenvalue weighted by atomic mass is 19.4. The molecule has 0 spiro atoms. The van der Waals surface area contributed by atoms with Gasteiger partial charge in [0.2, 0.25) is 5.91 Å². The quantitative estimate of drug-likeness (QED) is 0.211. The summed E-state index contributed by atoms with van der Waals surface area (Å²) < 4.78 is 44.9. The molecule has 0 radical (unpaired) electrons. The van der Waals surface area contributed by atoms with E-state index in [0.717, 1.165) is 28.8 Å². The van der Waals surface area contributed by atoms with Gasteiger partial charge >= 0.3 is 12.1 Å². The number of carbonyl (C=O) groups is 3. The second-order valence-electron chi connectivity index (χ2n) is 11.9. The minimum absolute atomic E-state index is 0.0415. The average Bonchev–Trinajstić information content (AvgIpc) is 3.11. The average molecular weight is 641 g/mol. The van der Waals surface area contributed by atoms with E-state index in [-0.39, 0.29) is 24.4 Å². The standard InChI is InChI=1S/C38H35F3N2O4/c1-2-47-36(46)37(27-10-4-3-5-11-27)21-20-32(30-13-8-9-15-33(30)37)35(45)43-24-22-42(23-25-43)34(44)31-14-7-6-12-29(31)26-16-18-28(19-17-26)38(39,40)41/h3-19,32H,2,20-25H2,1H3/t32-,37-/m0/s1. The molecule has 242 valence electrons. The zero-order valence-corrected chi connectivity index (χ0v) is 26.0. The van der Waals surface area contributed by atoms with Crippen LogP contribution in [0.2, 0.25) is 0 Å². The highest BCUT2D eigenvalue weighted by Gasteiger charge is 2.50. The molecule has 6 nitrogen and oxygen atoms in total. The summed E-state index contributed by atoms with van der Waals surface area (Å²) in [5.74, 6) is -1.05. The lowest BCUT2D eigenvalue weighted by atomic mass is 9.63. The molecule has 1 heterocycles. The van der Waals surface area contributed by atoms with E-state index >= 15 is 0 Å². The Bertz CT molecular complexity index is 1770. The number of alkyl halides is 3. The number of hydrogen-bond donors (Lipinski definition) is 0. The van der Waals surface area contributed by atoms with Crippen molar-refractivity contribution in [1.29, 1.82) is 0 Å². The van der Waals surface area contributed by atoms with Gasteiger partial charge in [-0.1, -0.05) is 84.9 Å². The highest BCUT2D eigenvalue weighted by Crippen LogP contribution is 2.48. The molecule has 2 amide bonds. The minimum Gasteiger partial charge on any atom is -0.465 e. The van der Waals surface area contributed by atoms with Gasteiger partial charge in [0.05, 0.1) is 18.1 Å². The Morgan fingerprint density at radius 3 is 2.09 bits per heavy atom. The van der Waals surface area contributed by atoms with Gasteiger partial charge in [0.15, 0.2) is 0 Å². The summed E-state index contributed by atoms with van der Waals surface area (Å²) in [6.07, 6.45) is -3.57. The first-order chi connectivity index (χ1) is 22.6. The molecular formula is C38H35F3N2O4. The lowest BCUT2D eigenvalue weighted by Gasteiger charge is -2.42. The van der Waals surface area contributed by atoms with E-state index in [1.165, 1.54) is 12.1 Å². The van der Waals surface area contributed by atoms with Crippen LogP contribution >= 0.6 is 0 Å². The lowest BCUT2D eigenvalue weighted by molar-refractivity contribution is -0.149. The number of ether oxygens (including phenoxy) is 1. The van der Waals surface area contributed by atoms with E-state index in [4.69, 9.17) is 4.74 Å². The van der Waals surface area contributed by atoms with E-state index in [9.17, 15) is 27.6 Å². The van der Waals surface area contributed by atoms with Crippen LogP contribution in [0.5, 0.6) is 0 Å². The van der Waals surface area contributed by atoms with Crippen molar-refractivity contribution in [2.45, 2.75) is 37.3 Å². The third-order valence-corrected chi connectivity index (χ3v) is 9.35. The Morgan fingerprint density at radius 1 is 0.787 bits per heavy atom. The first kappa shape index (κ1) is 32.0. The SMILES string of the molecule is CCOC(=O)[C@]1(c2ccccc2)CC[C@H](C(=O)N2CCN(C(=O)c3ccccc3-c3ccc(C(F)(F)F)cc3)CC2)c2ccccc21. The first-order valence-electron chi connectivity index (χ1n) is 15.8. The van der Waals surface area contributed by atoms with Gasteiger partial charge in [0, 0.05) is 31.7 Å². The zero-order chi connectivity index (χ0) is 33.2. The molecule has 0 saturated carbocycles. The summed E-state index contributed by atoms with van der Waals surface area (Å²) in [6.45, 7) is 3.35. The first-order valence-corrected chi connectivity index (χ1v) is 15.8. The molecule has 9 heteroatoms. The van der Waals surface area contributed by atoms with Crippen LogP contribution in [0.25, 0.3) is 11.1 Å². The van der Waals surface area contributed by atoms with Gasteiger partial charge in [-0.2, -0.15) is 13.2 Å². The monoisotopic (exact) mass is 640 g/mol. The van der Waals surface area contributed by atoms with Crippen molar-refractivity contribution < 1.29 is 32.3 Å². The van der Waals surface area contributed by atoms with Crippen LogP contribution in [0.1, 0.15) is 58.3 Å². The van der Waals surface area contributed by atoms with Gasteiger partial charge in [-0.05, 0) is 65.8 Å². The molecule has 2 atom stereocenters. The second kappa shape index (κ2) is 13.1. The molecule has 4 aromatic rings. The minimum atomic E-state index is -4.45. The van der Waals surface area contributed by atoms with Crippen molar-refractivity contribution in [2.75, 3.05) is 32.8 Å². The number of piperazine rings is 1. The molecule has 1 aliphatic carbocycles. The number of halogens is 3. The van der Waals surface area contributed by atoms with Crippen LogP contribution in [0.4, 0.5) is 13.2 Å². The van der Waals surface area contributed by atoms with Crippen molar-refractivity contribution in [1.82, 2.24) is 9.80 Å². The highest BCUT2D eigenvalue weighted by molar-refractivity contribution is 6.01. The summed E-state index contributed by atoms with van der Waals surface area (Å²) in [6, 6.07) is 28.8. The molecule has 1 aliphatic heterocycles. The van der Waals surface area contributed by atoms with Crippen molar-refractivity contribution >= 4 is 17.8 Å². The molecule has 6 rings (SSSR count). The Balaban J connectivity index is 1.20. The summed E-state index contributed by atoms with van der Waals surface area (Å²) in [5, 5.41) is 0. The number of nitrogens with zero attached hydrogens (tertiary/aromatic N) is 2. The van der Waals surface area contributed by atoms with E-state index in [0.29, 0.717) is 55.7 Å². The maximum absolute atomic E-state index is 14.1. The van der Waals surface area contributed by atoms with Crippen LogP contribution < -0.4 is 0 Å². The van der Waals surface area contributed by atoms with E-state index in [1.54, 1.807) is 41.0 Å². The summed E-state index contributed by atoms with van der Waals surface area (Å²) >= 11 is 0. The Kier molecular flexibility index (Phi) is 8.90. The molecule has 1 saturated heterocycles. The van der Waals surface area contributed by atoms with Crippen molar-refractivity contribution in [2.24, 2.45) is 0 Å². The number of amides is 2. The number of carbonyl (C=O) groups excluding carboxylic acids is 3. The zero-order valence-electron chi connectivity index (χ0n) is 26.0. The number of rotatable bonds is 6. The fourth-order valence-corrected chi connectivity index (χ4v) is 6.98. The van der Waals surface area contributed by atoms with E-state index in [1.807, 2.05) is 54.6 Å². The Morgan fingerprint density at radius 2 is 1.40 bits per heavy atom. The predicted octanol–water partition coefficient (Wildman–Crippen LogP) is 7.08. The maximum Gasteiger partial charge on any atom is 0.416 e. The lowest BCUT2D eigenvalue weighted by Crippen LogP contribution is -2.52. The molecule has 2 aliphatic rings. The molecule has 0 N–H and O–H groups in total. The molecule has 4 aromatic carbocycles. The van der Waals surface area contributed by atoms with Crippen LogP contribution in [-0.4, -0.2) is 60.4 Å². The van der Waals surface area contributed by atoms with Crippen molar-refractivity contribution in [3.8, 4) is 11.1 Å². The molecule has 0 bridgehead atoms. The van der Waals surface area contributed by atoms with Gasteiger partial charge < -0.3 is 14.5 Å². The van der Waals surface area contributed by atoms with Crippen molar-refractivity contribution in [3.63, 3.8) is 0 Å². The summed E-state index contributed by atoms with van der Waals surface area (Å²) in [7, 11) is 0. The van der Waals surface area contributed by atoms with Gasteiger partial charge in [0.1, 0.15) is 5.41 Å². The molecule has 0 unspecified atom stereocenters. The topological polar surface area (TPSA) is 66.9 Å². The number of esters is 1. The molecule has 0 aromatic heterocycles. The molecular weight excluding hydrogens is 605 g/mol. The van der Waals surface area contributed by atoms with Gasteiger partial charge in [0.25, 0.3) is 5.91 Å². The number of hydrogen-bond acceptors (Lipinski definition) is 4. The van der Waals surface area contributed by atoms with Crippen LogP contribution in [0.15, 0.2) is 103 Å². The van der Waals surface area contributed by atoms with Crippen LogP contribution in [-0.2, 0) is 25.9 Å². The number of fused-ring (bicyclic) bond motifs is 1. The summed E-state index contributed by atoms with van der Waals surface area (Å²) in [5.41, 5.74) is 2.11. The fourth-order valence-electron chi connectivity index (χ4n) is 6.98. The largest absolute Gasteiger partial charge is 0.465 e. The third kappa shape index (κ3) is 6.02. The predicted molar refractivity (Wildman–Crippen MR) is 172 cm³/mol. The van der Waals surface area contributed by atoms with E-state index < -0.39 is 23.1 Å². The number of benzene rings is 4. The molecule has 1 fully saturated rings. The summed E-state index contributed by atoms with van der Waals surface area (Å²) in [4.78, 5) is 44.9. The van der Waals surface area contributed by atoms with Crippen LogP contribution in [0, 0.1) is 0 Å². The van der Waals surface area contributed by atoms with Gasteiger partial charge in [-0.3, -0.25) is 14.4 Å².